The van der Waals surface area contributed by atoms with E-state index in [9.17, 15) is 0 Å². The van der Waals surface area contributed by atoms with E-state index in [4.69, 9.17) is 9.47 Å². The van der Waals surface area contributed by atoms with E-state index in [1.165, 1.54) is 6.42 Å². The molecule has 4 nitrogen and oxygen atoms in total. The van der Waals surface area contributed by atoms with E-state index in [-0.39, 0.29) is 0 Å². The summed E-state index contributed by atoms with van der Waals surface area (Å²) >= 11 is 0. The molecular weight excluding hydrogens is 216 g/mol. The van der Waals surface area contributed by atoms with Crippen molar-refractivity contribution >= 4 is 0 Å². The molecule has 0 bridgehead atoms. The minimum absolute atomic E-state index is 0.694. The van der Waals surface area contributed by atoms with Crippen molar-refractivity contribution in [3.63, 3.8) is 0 Å². The fourth-order valence-electron chi connectivity index (χ4n) is 1.23. The van der Waals surface area contributed by atoms with Crippen molar-refractivity contribution in [1.82, 2.24) is 10.2 Å². The van der Waals surface area contributed by atoms with Crippen LogP contribution in [0.3, 0.4) is 0 Å². The number of nitrogens with zero attached hydrogens (tertiary/aromatic N) is 1. The summed E-state index contributed by atoms with van der Waals surface area (Å²) in [6.45, 7) is 10.4. The fourth-order valence-corrected chi connectivity index (χ4v) is 1.23. The molecule has 0 atom stereocenters. The molecule has 0 saturated heterocycles. The average molecular weight is 246 g/mol. The smallest absolute Gasteiger partial charge is 0.0701 e. The highest BCUT2D eigenvalue weighted by Gasteiger charge is 1.94. The van der Waals surface area contributed by atoms with Crippen LogP contribution in [0.1, 0.15) is 20.3 Å². The summed E-state index contributed by atoms with van der Waals surface area (Å²) < 4.78 is 10.9. The van der Waals surface area contributed by atoms with Gasteiger partial charge in [0, 0.05) is 13.1 Å². The topological polar surface area (TPSA) is 33.7 Å². The molecule has 0 amide bonds. The third kappa shape index (κ3) is 15.8. The number of nitrogens with one attached hydrogen (secondary N) is 1. The standard InChI is InChI=1S/C13H30N2O2/c1-13(2)5-6-14-7-9-16-11-12-17-10-8-15(3)4/h13-14H,5-12H2,1-4H3. The van der Waals surface area contributed by atoms with Crippen molar-refractivity contribution in [2.45, 2.75) is 20.3 Å². The predicted octanol–water partition coefficient (Wildman–Crippen LogP) is 1.22. The van der Waals surface area contributed by atoms with Gasteiger partial charge in [0.05, 0.1) is 26.4 Å². The van der Waals surface area contributed by atoms with Crippen LogP contribution in [0.15, 0.2) is 0 Å². The Morgan fingerprint density at radius 3 is 2.18 bits per heavy atom. The molecule has 0 aliphatic heterocycles. The van der Waals surface area contributed by atoms with Gasteiger partial charge in [-0.2, -0.15) is 0 Å². The second-order valence-electron chi connectivity index (χ2n) is 4.96. The lowest BCUT2D eigenvalue weighted by Crippen LogP contribution is -2.23. The van der Waals surface area contributed by atoms with Crippen LogP contribution in [0.5, 0.6) is 0 Å². The number of likely N-dealkylation sites (N-methyl/N-ethyl adjacent to an activating group) is 1. The van der Waals surface area contributed by atoms with Gasteiger partial charge in [-0.15, -0.1) is 0 Å². The van der Waals surface area contributed by atoms with E-state index in [0.717, 1.165) is 38.8 Å². The zero-order chi connectivity index (χ0) is 12.9. The van der Waals surface area contributed by atoms with Gasteiger partial charge in [0.15, 0.2) is 0 Å². The van der Waals surface area contributed by atoms with Gasteiger partial charge in [0.2, 0.25) is 0 Å². The minimum Gasteiger partial charge on any atom is -0.378 e. The Bertz CT molecular complexity index is 136. The molecule has 0 aromatic rings. The largest absolute Gasteiger partial charge is 0.378 e. The van der Waals surface area contributed by atoms with Gasteiger partial charge in [-0.3, -0.25) is 0 Å². The SMILES string of the molecule is CC(C)CCNCCOCCOCCN(C)C. The van der Waals surface area contributed by atoms with Gasteiger partial charge < -0.3 is 19.7 Å². The van der Waals surface area contributed by atoms with Crippen LogP contribution < -0.4 is 5.32 Å². The Hall–Kier alpha value is -0.160. The number of rotatable bonds is 12. The maximum Gasteiger partial charge on any atom is 0.0701 e. The van der Waals surface area contributed by atoms with Gasteiger partial charge in [-0.05, 0) is 33.0 Å². The highest BCUT2D eigenvalue weighted by atomic mass is 16.5. The van der Waals surface area contributed by atoms with Crippen LogP contribution in [0.2, 0.25) is 0 Å². The van der Waals surface area contributed by atoms with E-state index >= 15 is 0 Å². The lowest BCUT2D eigenvalue weighted by molar-refractivity contribution is 0.0437. The van der Waals surface area contributed by atoms with Crippen LogP contribution >= 0.6 is 0 Å². The van der Waals surface area contributed by atoms with Crippen molar-refractivity contribution < 1.29 is 9.47 Å². The van der Waals surface area contributed by atoms with Gasteiger partial charge in [0.1, 0.15) is 0 Å². The maximum atomic E-state index is 5.45. The number of hydrogen-bond acceptors (Lipinski definition) is 4. The summed E-state index contributed by atoms with van der Waals surface area (Å²) in [5, 5.41) is 3.36. The Morgan fingerprint density at radius 2 is 1.59 bits per heavy atom. The van der Waals surface area contributed by atoms with Crippen molar-refractivity contribution in [3.8, 4) is 0 Å². The van der Waals surface area contributed by atoms with Crippen molar-refractivity contribution in [3.05, 3.63) is 0 Å². The van der Waals surface area contributed by atoms with Gasteiger partial charge in [0.25, 0.3) is 0 Å². The monoisotopic (exact) mass is 246 g/mol. The lowest BCUT2D eigenvalue weighted by atomic mass is 10.1. The first-order chi connectivity index (χ1) is 8.13. The summed E-state index contributed by atoms with van der Waals surface area (Å²) in [4.78, 5) is 2.11. The molecule has 0 saturated carbocycles. The van der Waals surface area contributed by atoms with Crippen LogP contribution in [0.4, 0.5) is 0 Å². The molecule has 17 heavy (non-hydrogen) atoms. The van der Waals surface area contributed by atoms with E-state index in [1.54, 1.807) is 0 Å². The quantitative estimate of drug-likeness (QED) is 0.525. The molecule has 0 aliphatic rings. The summed E-state index contributed by atoms with van der Waals surface area (Å²) in [7, 11) is 4.09. The molecule has 1 N–H and O–H groups in total. The van der Waals surface area contributed by atoms with E-state index < -0.39 is 0 Å². The molecule has 4 heteroatoms. The second kappa shape index (κ2) is 12.3. The summed E-state index contributed by atoms with van der Waals surface area (Å²) in [6.07, 6.45) is 1.23. The third-order valence-corrected chi connectivity index (χ3v) is 2.38. The van der Waals surface area contributed by atoms with Crippen LogP contribution in [-0.4, -0.2) is 65.1 Å². The second-order valence-corrected chi connectivity index (χ2v) is 4.96. The zero-order valence-corrected chi connectivity index (χ0v) is 12.0. The Kier molecular flexibility index (Phi) is 12.2. The van der Waals surface area contributed by atoms with Gasteiger partial charge in [-0.1, -0.05) is 13.8 Å². The highest BCUT2D eigenvalue weighted by molar-refractivity contribution is 4.50. The third-order valence-electron chi connectivity index (χ3n) is 2.38. The number of ether oxygens (including phenoxy) is 2. The molecule has 0 unspecified atom stereocenters. The van der Waals surface area contributed by atoms with Crippen LogP contribution in [0, 0.1) is 5.92 Å². The molecule has 0 aromatic carbocycles. The van der Waals surface area contributed by atoms with Crippen molar-refractivity contribution in [1.29, 1.82) is 0 Å². The maximum absolute atomic E-state index is 5.45. The molecule has 0 aliphatic carbocycles. The molecule has 0 fully saturated rings. The highest BCUT2D eigenvalue weighted by Crippen LogP contribution is 1.95. The molecule has 0 aromatic heterocycles. The summed E-state index contributed by atoms with van der Waals surface area (Å²) in [5.41, 5.74) is 0. The first kappa shape index (κ1) is 16.8. The van der Waals surface area contributed by atoms with E-state index in [2.05, 4.69) is 24.1 Å². The van der Waals surface area contributed by atoms with Crippen molar-refractivity contribution in [2.24, 2.45) is 5.92 Å². The predicted molar refractivity (Wildman–Crippen MR) is 72.5 cm³/mol. The number of hydrogen-bond donors (Lipinski definition) is 1. The normalized spacial score (nSPS) is 11.6. The van der Waals surface area contributed by atoms with E-state index in [0.29, 0.717) is 13.2 Å². The van der Waals surface area contributed by atoms with Crippen LogP contribution in [-0.2, 0) is 9.47 Å². The molecule has 0 spiro atoms. The zero-order valence-electron chi connectivity index (χ0n) is 12.0. The molecular formula is C13H30N2O2. The van der Waals surface area contributed by atoms with Gasteiger partial charge in [-0.25, -0.2) is 0 Å². The Balaban J connectivity index is 2.94. The van der Waals surface area contributed by atoms with E-state index in [1.807, 2.05) is 14.1 Å². The summed E-state index contributed by atoms with van der Waals surface area (Å²) in [6, 6.07) is 0. The Labute approximate surface area is 107 Å². The molecule has 0 radical (unpaired) electrons. The van der Waals surface area contributed by atoms with Gasteiger partial charge >= 0.3 is 0 Å². The molecule has 0 rings (SSSR count). The summed E-state index contributed by atoms with van der Waals surface area (Å²) in [5.74, 6) is 0.772. The minimum atomic E-state index is 0.694. The van der Waals surface area contributed by atoms with Crippen molar-refractivity contribution in [2.75, 3.05) is 60.2 Å². The molecule has 104 valence electrons. The molecule has 0 heterocycles. The average Bonchev–Trinajstić information content (AvgIpc) is 2.25. The fraction of sp³-hybridized carbons (Fsp3) is 1.00. The van der Waals surface area contributed by atoms with Crippen LogP contribution in [0.25, 0.3) is 0 Å². The first-order valence-electron chi connectivity index (χ1n) is 6.64. The Morgan fingerprint density at radius 1 is 0.941 bits per heavy atom. The lowest BCUT2D eigenvalue weighted by Gasteiger charge is -2.10. The first-order valence-corrected chi connectivity index (χ1v) is 6.64.